The molecule has 0 aromatic heterocycles. The highest BCUT2D eigenvalue weighted by Crippen LogP contribution is 2.24. The molecule has 6 heteroatoms. The lowest BCUT2D eigenvalue weighted by atomic mass is 10.2. The first-order valence-corrected chi connectivity index (χ1v) is 7.79. The average Bonchev–Trinajstić information content (AvgIpc) is 2.46. The standard InChI is InChI=1S/C15H19NO4S/c1-3-11(7-6-10-14(17)18)20-15(19)16-12-8-4-5-9-13(12)21-2/h4-6,8-11H,3,7H2,1-2H3,(H,16,19)(H,17,18). The number of amides is 1. The van der Waals surface area contributed by atoms with Gasteiger partial charge >= 0.3 is 12.1 Å². The molecule has 1 atom stereocenters. The molecule has 1 unspecified atom stereocenters. The zero-order chi connectivity index (χ0) is 15.7. The van der Waals surface area contributed by atoms with Crippen LogP contribution in [0.25, 0.3) is 0 Å². The van der Waals surface area contributed by atoms with Crippen LogP contribution < -0.4 is 5.32 Å². The second kappa shape index (κ2) is 9.07. The molecular weight excluding hydrogens is 290 g/mol. The summed E-state index contributed by atoms with van der Waals surface area (Å²) in [6.45, 7) is 1.88. The van der Waals surface area contributed by atoms with Crippen LogP contribution in [0.4, 0.5) is 10.5 Å². The van der Waals surface area contributed by atoms with Gasteiger partial charge in [0.15, 0.2) is 0 Å². The molecule has 0 bridgehead atoms. The van der Waals surface area contributed by atoms with Gasteiger partial charge in [-0.3, -0.25) is 5.32 Å². The van der Waals surface area contributed by atoms with E-state index < -0.39 is 12.1 Å². The third-order valence-electron chi connectivity index (χ3n) is 2.73. The van der Waals surface area contributed by atoms with Gasteiger partial charge in [-0.1, -0.05) is 25.1 Å². The van der Waals surface area contributed by atoms with Crippen LogP contribution in [0.1, 0.15) is 19.8 Å². The molecular formula is C15H19NO4S. The summed E-state index contributed by atoms with van der Waals surface area (Å²) in [5.41, 5.74) is 0.700. The van der Waals surface area contributed by atoms with E-state index in [1.54, 1.807) is 6.07 Å². The van der Waals surface area contributed by atoms with Gasteiger partial charge in [-0.25, -0.2) is 9.59 Å². The predicted octanol–water partition coefficient (Wildman–Crippen LogP) is 3.77. The number of benzene rings is 1. The lowest BCUT2D eigenvalue weighted by molar-refractivity contribution is -0.131. The smallest absolute Gasteiger partial charge is 0.411 e. The molecule has 1 amide bonds. The quantitative estimate of drug-likeness (QED) is 0.592. The van der Waals surface area contributed by atoms with E-state index in [-0.39, 0.29) is 6.10 Å². The highest BCUT2D eigenvalue weighted by atomic mass is 32.2. The topological polar surface area (TPSA) is 75.6 Å². The largest absolute Gasteiger partial charge is 0.478 e. The van der Waals surface area contributed by atoms with Crippen molar-refractivity contribution < 1.29 is 19.4 Å². The monoisotopic (exact) mass is 309 g/mol. The highest BCUT2D eigenvalue weighted by Gasteiger charge is 2.12. The summed E-state index contributed by atoms with van der Waals surface area (Å²) in [7, 11) is 0. The second-order valence-electron chi connectivity index (χ2n) is 4.24. The fourth-order valence-corrected chi connectivity index (χ4v) is 2.21. The molecule has 0 aliphatic carbocycles. The van der Waals surface area contributed by atoms with Crippen LogP contribution in [-0.2, 0) is 9.53 Å². The van der Waals surface area contributed by atoms with Gasteiger partial charge in [0, 0.05) is 17.4 Å². The van der Waals surface area contributed by atoms with Crippen LogP contribution in [0.15, 0.2) is 41.3 Å². The summed E-state index contributed by atoms with van der Waals surface area (Å²) in [6.07, 6.45) is 4.57. The Balaban J connectivity index is 2.56. The number of carboxylic acid groups (broad SMARTS) is 1. The molecule has 0 aliphatic rings. The summed E-state index contributed by atoms with van der Waals surface area (Å²) in [5, 5.41) is 11.2. The maximum Gasteiger partial charge on any atom is 0.411 e. The van der Waals surface area contributed by atoms with Gasteiger partial charge in [-0.05, 0) is 24.8 Å². The minimum atomic E-state index is -1.01. The number of hydrogen-bond donors (Lipinski definition) is 2. The van der Waals surface area contributed by atoms with Crippen molar-refractivity contribution in [2.45, 2.75) is 30.8 Å². The fourth-order valence-electron chi connectivity index (χ4n) is 1.66. The number of aliphatic carboxylic acids is 1. The van der Waals surface area contributed by atoms with E-state index in [1.165, 1.54) is 17.8 Å². The molecule has 0 saturated heterocycles. The van der Waals surface area contributed by atoms with Crippen molar-refractivity contribution in [3.05, 3.63) is 36.4 Å². The summed E-state index contributed by atoms with van der Waals surface area (Å²) in [6, 6.07) is 7.45. The van der Waals surface area contributed by atoms with Gasteiger partial charge in [0.2, 0.25) is 0 Å². The highest BCUT2D eigenvalue weighted by molar-refractivity contribution is 7.98. The minimum absolute atomic E-state index is 0.345. The predicted molar refractivity (Wildman–Crippen MR) is 83.8 cm³/mol. The van der Waals surface area contributed by atoms with Crippen molar-refractivity contribution in [3.63, 3.8) is 0 Å². The number of thioether (sulfide) groups is 1. The Morgan fingerprint density at radius 2 is 2.14 bits per heavy atom. The summed E-state index contributed by atoms with van der Waals surface area (Å²) in [5.74, 6) is -1.01. The number of carboxylic acids is 1. The Bertz CT molecular complexity index is 516. The van der Waals surface area contributed by atoms with Crippen LogP contribution in [0, 0.1) is 0 Å². The van der Waals surface area contributed by atoms with Crippen LogP contribution in [0.5, 0.6) is 0 Å². The van der Waals surface area contributed by atoms with E-state index in [0.717, 1.165) is 11.0 Å². The molecule has 0 aliphatic heterocycles. The number of nitrogens with one attached hydrogen (secondary N) is 1. The first-order valence-electron chi connectivity index (χ1n) is 6.57. The fraction of sp³-hybridized carbons (Fsp3) is 0.333. The van der Waals surface area contributed by atoms with Gasteiger partial charge in [0.25, 0.3) is 0 Å². The molecule has 0 fully saturated rings. The van der Waals surface area contributed by atoms with Gasteiger partial charge in [-0.15, -0.1) is 11.8 Å². The molecule has 0 spiro atoms. The molecule has 1 aromatic rings. The van der Waals surface area contributed by atoms with Crippen molar-refractivity contribution in [1.82, 2.24) is 0 Å². The normalized spacial score (nSPS) is 12.1. The summed E-state index contributed by atoms with van der Waals surface area (Å²) >= 11 is 1.53. The number of anilines is 1. The Labute approximate surface area is 128 Å². The van der Waals surface area contributed by atoms with Gasteiger partial charge in [0.05, 0.1) is 5.69 Å². The number of rotatable bonds is 7. The molecule has 1 aromatic carbocycles. The number of hydrogen-bond acceptors (Lipinski definition) is 4. The lowest BCUT2D eigenvalue weighted by Gasteiger charge is -2.16. The van der Waals surface area contributed by atoms with E-state index in [1.807, 2.05) is 31.4 Å². The average molecular weight is 309 g/mol. The molecule has 21 heavy (non-hydrogen) atoms. The van der Waals surface area contributed by atoms with E-state index >= 15 is 0 Å². The number of ether oxygens (including phenoxy) is 1. The molecule has 0 saturated carbocycles. The van der Waals surface area contributed by atoms with Crippen LogP contribution in [-0.4, -0.2) is 29.5 Å². The molecule has 1 rings (SSSR count). The third-order valence-corrected chi connectivity index (χ3v) is 3.53. The van der Waals surface area contributed by atoms with E-state index in [9.17, 15) is 9.59 Å². The zero-order valence-electron chi connectivity index (χ0n) is 12.0. The Hall–Kier alpha value is -1.95. The summed E-state index contributed by atoms with van der Waals surface area (Å²) in [4.78, 5) is 23.2. The second-order valence-corrected chi connectivity index (χ2v) is 5.09. The maximum absolute atomic E-state index is 11.9. The Kier molecular flexibility index (Phi) is 7.39. The van der Waals surface area contributed by atoms with Crippen molar-refractivity contribution in [1.29, 1.82) is 0 Å². The van der Waals surface area contributed by atoms with Crippen LogP contribution in [0.3, 0.4) is 0 Å². The Morgan fingerprint density at radius 3 is 2.76 bits per heavy atom. The van der Waals surface area contributed by atoms with Crippen LogP contribution in [0.2, 0.25) is 0 Å². The van der Waals surface area contributed by atoms with E-state index in [0.29, 0.717) is 18.5 Å². The number of carbonyl (C=O) groups is 2. The third kappa shape index (κ3) is 6.35. The Morgan fingerprint density at radius 1 is 1.43 bits per heavy atom. The van der Waals surface area contributed by atoms with Gasteiger partial charge in [-0.2, -0.15) is 0 Å². The molecule has 114 valence electrons. The SMILES string of the molecule is CCC(CC=CC(=O)O)OC(=O)Nc1ccccc1SC. The molecule has 2 N–H and O–H groups in total. The van der Waals surface area contributed by atoms with Crippen molar-refractivity contribution in [3.8, 4) is 0 Å². The first-order chi connectivity index (χ1) is 10.1. The molecule has 5 nitrogen and oxygen atoms in total. The van der Waals surface area contributed by atoms with Crippen LogP contribution >= 0.6 is 11.8 Å². The first kappa shape index (κ1) is 17.1. The minimum Gasteiger partial charge on any atom is -0.478 e. The van der Waals surface area contributed by atoms with E-state index in [4.69, 9.17) is 9.84 Å². The maximum atomic E-state index is 11.9. The van der Waals surface area contributed by atoms with Crippen molar-refractivity contribution in [2.24, 2.45) is 0 Å². The lowest BCUT2D eigenvalue weighted by Crippen LogP contribution is -2.21. The summed E-state index contributed by atoms with van der Waals surface area (Å²) < 4.78 is 5.28. The molecule has 0 radical (unpaired) electrons. The molecule has 0 heterocycles. The number of carbonyl (C=O) groups excluding carboxylic acids is 1. The number of para-hydroxylation sites is 1. The van der Waals surface area contributed by atoms with Crippen molar-refractivity contribution in [2.75, 3.05) is 11.6 Å². The van der Waals surface area contributed by atoms with E-state index in [2.05, 4.69) is 5.32 Å². The zero-order valence-corrected chi connectivity index (χ0v) is 12.9. The van der Waals surface area contributed by atoms with Gasteiger partial charge < -0.3 is 9.84 Å². The van der Waals surface area contributed by atoms with Crippen molar-refractivity contribution >= 4 is 29.5 Å². The van der Waals surface area contributed by atoms with Gasteiger partial charge in [0.1, 0.15) is 6.10 Å².